The van der Waals surface area contributed by atoms with Crippen LogP contribution in [0.1, 0.15) is 32.3 Å². The van der Waals surface area contributed by atoms with Crippen LogP contribution in [0.2, 0.25) is 0 Å². The van der Waals surface area contributed by atoms with Gasteiger partial charge in [-0.25, -0.2) is 9.64 Å². The summed E-state index contributed by atoms with van der Waals surface area (Å²) in [5, 5.41) is 24.5. The van der Waals surface area contributed by atoms with Crippen molar-refractivity contribution in [3.63, 3.8) is 0 Å². The fraction of sp³-hybridized carbons (Fsp3) is 0.476. The van der Waals surface area contributed by atoms with Crippen molar-refractivity contribution >= 4 is 19.1 Å². The van der Waals surface area contributed by atoms with E-state index in [1.165, 1.54) is 0 Å². The molecule has 1 aromatic rings. The molecule has 9 heteroatoms. The first-order valence-electron chi connectivity index (χ1n) is 10.2. The molecule has 0 saturated carbocycles. The highest BCUT2D eigenvalue weighted by atomic mass is 16.4. The number of hydrogen-bond acceptors (Lipinski definition) is 4. The molecule has 160 valence electrons. The Balaban J connectivity index is 1.92. The van der Waals surface area contributed by atoms with Gasteiger partial charge in [-0.05, 0) is 30.7 Å². The molecule has 1 fully saturated rings. The predicted octanol–water partition coefficient (Wildman–Crippen LogP) is 1.36. The van der Waals surface area contributed by atoms with Gasteiger partial charge in [-0.1, -0.05) is 50.3 Å². The van der Waals surface area contributed by atoms with Crippen molar-refractivity contribution in [2.45, 2.75) is 45.1 Å². The van der Waals surface area contributed by atoms with Crippen molar-refractivity contribution in [1.29, 1.82) is 0 Å². The summed E-state index contributed by atoms with van der Waals surface area (Å²) in [5.74, 6) is -1.08. The number of amides is 3. The van der Waals surface area contributed by atoms with Crippen LogP contribution in [-0.2, 0) is 11.2 Å². The number of nitrogens with zero attached hydrogens (tertiary/aromatic N) is 2. The van der Waals surface area contributed by atoms with Crippen LogP contribution in [0.15, 0.2) is 42.1 Å². The van der Waals surface area contributed by atoms with Gasteiger partial charge in [-0.15, -0.1) is 0 Å². The van der Waals surface area contributed by atoms with Gasteiger partial charge in [0.1, 0.15) is 0 Å². The molecule has 0 aliphatic carbocycles. The summed E-state index contributed by atoms with van der Waals surface area (Å²) in [6.45, 7) is 11.9. The highest BCUT2D eigenvalue weighted by molar-refractivity contribution is 6.43. The lowest BCUT2D eigenvalue weighted by atomic mass is 9.76. The number of allylic oxidation sites excluding steroid dienone is 1. The van der Waals surface area contributed by atoms with Crippen LogP contribution < -0.4 is 10.6 Å². The molecular formula is C21H29BN4O4. The molecule has 2 rings (SSSR count). The molecule has 0 unspecified atom stereocenters. The number of rotatable bonds is 8. The highest BCUT2D eigenvalue weighted by Gasteiger charge is 2.31. The molecule has 4 N–H and O–H groups in total. The fourth-order valence-electron chi connectivity index (χ4n) is 3.46. The Bertz CT molecular complexity index is 792. The number of hydrogen-bond donors (Lipinski definition) is 4. The number of nitrogens with one attached hydrogen (secondary N) is 2. The van der Waals surface area contributed by atoms with E-state index in [9.17, 15) is 19.6 Å². The number of likely N-dealkylation sites (tertiary alicyclic amines) is 1. The lowest BCUT2D eigenvalue weighted by Gasteiger charge is -2.26. The van der Waals surface area contributed by atoms with E-state index in [1.807, 2.05) is 44.2 Å². The Hall–Kier alpha value is -2.83. The van der Waals surface area contributed by atoms with Gasteiger partial charge < -0.3 is 25.6 Å². The number of carbonyl (C=O) groups excluding carboxylic acids is 2. The second kappa shape index (κ2) is 11.4. The van der Waals surface area contributed by atoms with Gasteiger partial charge in [0.05, 0.1) is 12.5 Å². The first-order chi connectivity index (χ1) is 14.3. The Morgan fingerprint density at radius 3 is 2.63 bits per heavy atom. The van der Waals surface area contributed by atoms with E-state index >= 15 is 0 Å². The molecule has 1 heterocycles. The van der Waals surface area contributed by atoms with Gasteiger partial charge in [0.15, 0.2) is 0 Å². The normalized spacial score (nSPS) is 17.4. The molecule has 1 saturated heterocycles. The summed E-state index contributed by atoms with van der Waals surface area (Å²) in [6.07, 6.45) is 3.46. The van der Waals surface area contributed by atoms with Crippen LogP contribution in [0.5, 0.6) is 0 Å². The van der Waals surface area contributed by atoms with Crippen molar-refractivity contribution in [3.8, 4) is 0 Å². The Morgan fingerprint density at radius 2 is 2.03 bits per heavy atom. The lowest BCUT2D eigenvalue weighted by Crippen LogP contribution is -2.53. The van der Waals surface area contributed by atoms with Gasteiger partial charge in [0.25, 0.3) is 5.91 Å². The minimum absolute atomic E-state index is 0.0921. The summed E-state index contributed by atoms with van der Waals surface area (Å²) in [6, 6.07) is 8.49. The molecule has 0 radical (unpaired) electrons. The molecule has 0 aromatic heterocycles. The maximum Gasteiger partial charge on any atom is 0.475 e. The Labute approximate surface area is 177 Å². The predicted molar refractivity (Wildman–Crippen MR) is 115 cm³/mol. The van der Waals surface area contributed by atoms with Gasteiger partial charge >= 0.3 is 13.1 Å². The zero-order valence-electron chi connectivity index (χ0n) is 17.4. The van der Waals surface area contributed by atoms with Crippen LogP contribution in [0, 0.1) is 12.5 Å². The van der Waals surface area contributed by atoms with Crippen molar-refractivity contribution in [3.05, 3.63) is 59.1 Å². The smallest absolute Gasteiger partial charge is 0.426 e. The molecule has 1 aliphatic rings. The summed E-state index contributed by atoms with van der Waals surface area (Å²) in [5.41, 5.74) is 0.972. The SMILES string of the molecule is [C-]#[N+]C(=CC(C)C)C(=O)N1CCC[C@H]1CNC(=O)N[C@@H](Cc1ccccc1)B(O)O. The largest absolute Gasteiger partial charge is 0.475 e. The van der Waals surface area contributed by atoms with E-state index in [0.29, 0.717) is 6.54 Å². The quantitative estimate of drug-likeness (QED) is 0.294. The number of carbonyl (C=O) groups is 2. The van der Waals surface area contributed by atoms with E-state index in [4.69, 9.17) is 6.57 Å². The fourth-order valence-corrected chi connectivity index (χ4v) is 3.46. The monoisotopic (exact) mass is 412 g/mol. The molecule has 1 aromatic carbocycles. The van der Waals surface area contributed by atoms with E-state index in [-0.39, 0.29) is 36.5 Å². The second-order valence-corrected chi connectivity index (χ2v) is 7.77. The topological polar surface area (TPSA) is 106 Å². The molecule has 1 aliphatic heterocycles. The van der Waals surface area contributed by atoms with Gasteiger partial charge in [0.2, 0.25) is 5.70 Å². The molecule has 2 atom stereocenters. The average Bonchev–Trinajstić information content (AvgIpc) is 3.18. The third-order valence-corrected chi connectivity index (χ3v) is 4.94. The van der Waals surface area contributed by atoms with E-state index in [2.05, 4.69) is 15.5 Å². The van der Waals surface area contributed by atoms with Crippen molar-refractivity contribution in [1.82, 2.24) is 15.5 Å². The van der Waals surface area contributed by atoms with E-state index in [1.54, 1.807) is 11.0 Å². The third kappa shape index (κ3) is 6.90. The zero-order valence-corrected chi connectivity index (χ0v) is 17.4. The zero-order chi connectivity index (χ0) is 22.1. The van der Waals surface area contributed by atoms with Crippen LogP contribution in [0.3, 0.4) is 0 Å². The van der Waals surface area contributed by atoms with E-state index in [0.717, 1.165) is 18.4 Å². The van der Waals surface area contributed by atoms with Crippen molar-refractivity contribution < 1.29 is 19.6 Å². The minimum Gasteiger partial charge on any atom is -0.426 e. The Kier molecular flexibility index (Phi) is 8.90. The second-order valence-electron chi connectivity index (χ2n) is 7.77. The maximum absolute atomic E-state index is 12.7. The molecule has 3 amide bonds. The summed E-state index contributed by atoms with van der Waals surface area (Å²) >= 11 is 0. The van der Waals surface area contributed by atoms with Crippen LogP contribution >= 0.6 is 0 Å². The first-order valence-corrected chi connectivity index (χ1v) is 10.2. The highest BCUT2D eigenvalue weighted by Crippen LogP contribution is 2.20. The van der Waals surface area contributed by atoms with Gasteiger partial charge in [-0.3, -0.25) is 4.79 Å². The summed E-state index contributed by atoms with van der Waals surface area (Å²) in [4.78, 5) is 30.0. The summed E-state index contributed by atoms with van der Waals surface area (Å²) in [7, 11) is -1.71. The van der Waals surface area contributed by atoms with Crippen molar-refractivity contribution in [2.75, 3.05) is 13.1 Å². The van der Waals surface area contributed by atoms with Crippen LogP contribution in [-0.4, -0.2) is 59.1 Å². The lowest BCUT2D eigenvalue weighted by molar-refractivity contribution is -0.127. The Morgan fingerprint density at radius 1 is 1.33 bits per heavy atom. The maximum atomic E-state index is 12.7. The summed E-state index contributed by atoms with van der Waals surface area (Å²) < 4.78 is 0. The third-order valence-electron chi connectivity index (χ3n) is 4.94. The number of urea groups is 1. The molecule has 0 spiro atoms. The molecule has 30 heavy (non-hydrogen) atoms. The number of benzene rings is 1. The first kappa shape index (κ1) is 23.5. The van der Waals surface area contributed by atoms with Crippen LogP contribution in [0.25, 0.3) is 4.85 Å². The molecule has 0 bridgehead atoms. The average molecular weight is 412 g/mol. The standard InChI is InChI=1S/C21H29BN4O4/c1-15(2)12-18(23-3)20(27)26-11-7-10-17(26)14-24-21(28)25-19(22(29)30)13-16-8-5-4-6-9-16/h4-6,8-9,12,15,17,19,29-30H,7,10-11,13-14H2,1-2H3,(H2,24,25,28)/t17-,19-/m0/s1. The van der Waals surface area contributed by atoms with E-state index < -0.39 is 19.1 Å². The minimum atomic E-state index is -1.71. The molecule has 8 nitrogen and oxygen atoms in total. The van der Waals surface area contributed by atoms with Crippen LogP contribution in [0.4, 0.5) is 4.79 Å². The van der Waals surface area contributed by atoms with Crippen molar-refractivity contribution in [2.24, 2.45) is 5.92 Å². The molecular weight excluding hydrogens is 383 g/mol. The van der Waals surface area contributed by atoms with Gasteiger partial charge in [-0.2, -0.15) is 0 Å². The van der Waals surface area contributed by atoms with Gasteiger partial charge in [0, 0.05) is 19.1 Å².